The summed E-state index contributed by atoms with van der Waals surface area (Å²) >= 11 is 0. The Bertz CT molecular complexity index is 928. The van der Waals surface area contributed by atoms with Crippen molar-refractivity contribution >= 4 is 21.4 Å². The fraction of sp³-hybridized carbons (Fsp3) is 0.200. The van der Waals surface area contributed by atoms with Crippen LogP contribution in [0, 0.1) is 0 Å². The lowest BCUT2D eigenvalue weighted by Crippen LogP contribution is -2.52. The highest BCUT2D eigenvalue weighted by molar-refractivity contribution is 7.91. The summed E-state index contributed by atoms with van der Waals surface area (Å²) < 4.78 is 62.7. The number of alkyl halides is 3. The van der Waals surface area contributed by atoms with Crippen LogP contribution in [-0.4, -0.2) is 41.3 Å². The van der Waals surface area contributed by atoms with Gasteiger partial charge in [-0.1, -0.05) is 0 Å². The number of rotatable bonds is 4. The highest BCUT2D eigenvalue weighted by Crippen LogP contribution is 2.33. The summed E-state index contributed by atoms with van der Waals surface area (Å²) in [6, 6.07) is 5.13. The van der Waals surface area contributed by atoms with Gasteiger partial charge in [-0.3, -0.25) is 9.78 Å². The number of aromatic nitrogens is 1. The van der Waals surface area contributed by atoms with Crippen molar-refractivity contribution in [2.45, 2.75) is 28.5 Å². The van der Waals surface area contributed by atoms with Gasteiger partial charge in [0.2, 0.25) is 15.4 Å². The molecule has 7 nitrogen and oxygen atoms in total. The number of aromatic hydroxyl groups is 1. The number of benzene rings is 1. The Hall–Kier alpha value is -2.66. The minimum Gasteiger partial charge on any atom is -0.506 e. The third-order valence-corrected chi connectivity index (χ3v) is 5.25. The quantitative estimate of drug-likeness (QED) is 0.687. The van der Waals surface area contributed by atoms with Gasteiger partial charge in [0.05, 0.1) is 15.5 Å². The molecule has 140 valence electrons. The number of hydrogen-bond donors (Lipinski definition) is 3. The van der Waals surface area contributed by atoms with Crippen LogP contribution in [0.3, 0.4) is 0 Å². The first kappa shape index (κ1) is 19.7. The van der Waals surface area contributed by atoms with E-state index >= 15 is 0 Å². The van der Waals surface area contributed by atoms with E-state index in [1.165, 1.54) is 24.5 Å². The Balaban J connectivity index is 2.33. The molecule has 3 N–H and O–H groups in total. The van der Waals surface area contributed by atoms with Crippen molar-refractivity contribution in [1.82, 2.24) is 4.98 Å². The maximum Gasteiger partial charge on any atom is 0.426 e. The van der Waals surface area contributed by atoms with Crippen LogP contribution in [0.5, 0.6) is 5.75 Å². The SMILES string of the molecule is CC(O)(C(=O)Nc1ccc(S(=O)(=O)c2ccncc2)cc1O)C(F)(F)F. The van der Waals surface area contributed by atoms with E-state index in [9.17, 15) is 36.6 Å². The van der Waals surface area contributed by atoms with Crippen molar-refractivity contribution < 1.29 is 36.6 Å². The minimum atomic E-state index is -5.24. The summed E-state index contributed by atoms with van der Waals surface area (Å²) in [5, 5.41) is 20.9. The van der Waals surface area contributed by atoms with Gasteiger partial charge in [-0.2, -0.15) is 13.2 Å². The normalized spacial score (nSPS) is 14.5. The number of aliphatic hydroxyl groups is 1. The molecule has 1 aromatic heterocycles. The van der Waals surface area contributed by atoms with E-state index in [-0.39, 0.29) is 16.7 Å². The summed E-state index contributed by atoms with van der Waals surface area (Å²) in [4.78, 5) is 14.8. The zero-order chi connectivity index (χ0) is 19.8. The lowest BCUT2D eigenvalue weighted by molar-refractivity contribution is -0.242. The minimum absolute atomic E-state index is 0.108. The molecule has 0 aliphatic carbocycles. The molecule has 0 aliphatic rings. The maximum absolute atomic E-state index is 12.6. The summed E-state index contributed by atoms with van der Waals surface area (Å²) in [7, 11) is -4.00. The number of hydrogen-bond acceptors (Lipinski definition) is 6. The van der Waals surface area contributed by atoms with Gasteiger partial charge in [-0.05, 0) is 31.2 Å². The van der Waals surface area contributed by atoms with Crippen LogP contribution in [0.4, 0.5) is 18.9 Å². The first-order valence-corrected chi connectivity index (χ1v) is 8.44. The molecule has 1 atom stereocenters. The van der Waals surface area contributed by atoms with Gasteiger partial charge in [0.25, 0.3) is 5.91 Å². The van der Waals surface area contributed by atoms with Crippen molar-refractivity contribution in [2.75, 3.05) is 5.32 Å². The highest BCUT2D eigenvalue weighted by atomic mass is 32.2. The van der Waals surface area contributed by atoms with Crippen molar-refractivity contribution in [3.05, 3.63) is 42.7 Å². The standard InChI is InChI=1S/C15H13F3N2O5S/c1-14(23,15(16,17)18)13(22)20-11-3-2-10(8-12(11)21)26(24,25)9-4-6-19-7-5-9/h2-8,21,23H,1H3,(H,20,22). The fourth-order valence-electron chi connectivity index (χ4n) is 1.81. The van der Waals surface area contributed by atoms with Gasteiger partial charge < -0.3 is 15.5 Å². The van der Waals surface area contributed by atoms with Gasteiger partial charge in [-0.25, -0.2) is 8.42 Å². The predicted octanol–water partition coefficient (Wildman–Crippen LogP) is 1.87. The van der Waals surface area contributed by atoms with Crippen LogP contribution < -0.4 is 5.32 Å². The number of amides is 1. The lowest BCUT2D eigenvalue weighted by atomic mass is 10.1. The van der Waals surface area contributed by atoms with Crippen LogP contribution in [-0.2, 0) is 14.6 Å². The van der Waals surface area contributed by atoms with E-state index in [1.54, 1.807) is 5.32 Å². The predicted molar refractivity (Wildman–Crippen MR) is 83.1 cm³/mol. The lowest BCUT2D eigenvalue weighted by Gasteiger charge is -2.25. The molecule has 1 aromatic carbocycles. The topological polar surface area (TPSA) is 117 Å². The average Bonchev–Trinajstić information content (AvgIpc) is 2.56. The number of halogens is 3. The van der Waals surface area contributed by atoms with Crippen LogP contribution in [0.1, 0.15) is 6.92 Å². The Morgan fingerprint density at radius 1 is 1.12 bits per heavy atom. The van der Waals surface area contributed by atoms with Crippen molar-refractivity contribution in [2.24, 2.45) is 0 Å². The summed E-state index contributed by atoms with van der Waals surface area (Å²) in [6.07, 6.45) is -2.74. The summed E-state index contributed by atoms with van der Waals surface area (Å²) in [5.41, 5.74) is -4.19. The molecule has 0 aliphatic heterocycles. The molecule has 0 saturated heterocycles. The second-order valence-electron chi connectivity index (χ2n) is 5.39. The molecule has 11 heteroatoms. The average molecular weight is 390 g/mol. The monoisotopic (exact) mass is 390 g/mol. The molecule has 1 amide bonds. The molecule has 26 heavy (non-hydrogen) atoms. The number of carbonyl (C=O) groups excluding carboxylic acids is 1. The van der Waals surface area contributed by atoms with E-state index in [1.807, 2.05) is 0 Å². The highest BCUT2D eigenvalue weighted by Gasteiger charge is 2.55. The van der Waals surface area contributed by atoms with Crippen molar-refractivity contribution in [1.29, 1.82) is 0 Å². The molecule has 0 radical (unpaired) electrons. The second kappa shape index (κ2) is 6.57. The second-order valence-corrected chi connectivity index (χ2v) is 7.34. The van der Waals surface area contributed by atoms with Gasteiger partial charge in [0.15, 0.2) is 0 Å². The molecule has 0 saturated carbocycles. The van der Waals surface area contributed by atoms with Crippen LogP contribution in [0.15, 0.2) is 52.5 Å². The molecule has 1 heterocycles. The summed E-state index contributed by atoms with van der Waals surface area (Å²) in [6.45, 7) is 0.252. The Kier molecular flexibility index (Phi) is 4.97. The molecule has 2 rings (SSSR count). The molecule has 0 bridgehead atoms. The number of nitrogens with one attached hydrogen (secondary N) is 1. The number of phenolic OH excluding ortho intramolecular Hbond substituents is 1. The van der Waals surface area contributed by atoms with E-state index in [4.69, 9.17) is 0 Å². The molecular formula is C15H13F3N2O5S. The van der Waals surface area contributed by atoms with E-state index < -0.39 is 39.0 Å². The fourth-order valence-corrected chi connectivity index (χ4v) is 3.08. The Labute approximate surface area is 146 Å². The zero-order valence-corrected chi connectivity index (χ0v) is 14.0. The number of carbonyl (C=O) groups is 1. The maximum atomic E-state index is 12.6. The van der Waals surface area contributed by atoms with Gasteiger partial charge >= 0.3 is 6.18 Å². The smallest absolute Gasteiger partial charge is 0.426 e. The molecular weight excluding hydrogens is 377 g/mol. The summed E-state index contributed by atoms with van der Waals surface area (Å²) in [5.74, 6) is -2.61. The number of nitrogens with zero attached hydrogens (tertiary/aromatic N) is 1. The largest absolute Gasteiger partial charge is 0.506 e. The van der Waals surface area contributed by atoms with Gasteiger partial charge in [-0.15, -0.1) is 0 Å². The van der Waals surface area contributed by atoms with E-state index in [0.717, 1.165) is 18.2 Å². The molecule has 0 spiro atoms. The van der Waals surface area contributed by atoms with Gasteiger partial charge in [0, 0.05) is 18.5 Å². The van der Waals surface area contributed by atoms with Crippen LogP contribution in [0.2, 0.25) is 0 Å². The zero-order valence-electron chi connectivity index (χ0n) is 13.1. The number of anilines is 1. The number of sulfone groups is 1. The third kappa shape index (κ3) is 3.63. The van der Waals surface area contributed by atoms with Crippen molar-refractivity contribution in [3.63, 3.8) is 0 Å². The molecule has 0 fully saturated rings. The van der Waals surface area contributed by atoms with Gasteiger partial charge in [0.1, 0.15) is 5.75 Å². The molecule has 2 aromatic rings. The number of phenols is 1. The first-order chi connectivity index (χ1) is 11.9. The Morgan fingerprint density at radius 3 is 2.19 bits per heavy atom. The first-order valence-electron chi connectivity index (χ1n) is 6.96. The number of pyridine rings is 1. The third-order valence-electron chi connectivity index (χ3n) is 3.48. The Morgan fingerprint density at radius 2 is 1.69 bits per heavy atom. The van der Waals surface area contributed by atoms with E-state index in [0.29, 0.717) is 0 Å². The van der Waals surface area contributed by atoms with Crippen LogP contribution >= 0.6 is 0 Å². The van der Waals surface area contributed by atoms with Crippen molar-refractivity contribution in [3.8, 4) is 5.75 Å². The molecule has 1 unspecified atom stereocenters. The van der Waals surface area contributed by atoms with E-state index in [2.05, 4.69) is 4.98 Å². The van der Waals surface area contributed by atoms with Crippen LogP contribution in [0.25, 0.3) is 0 Å².